The van der Waals surface area contributed by atoms with Crippen molar-refractivity contribution in [2.75, 3.05) is 0 Å². The predicted octanol–water partition coefficient (Wildman–Crippen LogP) is 11.9. The van der Waals surface area contributed by atoms with Gasteiger partial charge < -0.3 is 9.13 Å². The number of aromatic nitrogens is 2. The van der Waals surface area contributed by atoms with Crippen molar-refractivity contribution in [1.29, 1.82) is 10.5 Å². The third kappa shape index (κ3) is 4.88. The minimum absolute atomic E-state index is 0.00111. The number of fused-ring (bicyclic) bond motifs is 6. The fourth-order valence-electron chi connectivity index (χ4n) is 7.44. The van der Waals surface area contributed by atoms with Gasteiger partial charge in [-0.2, -0.15) is 10.5 Å². The van der Waals surface area contributed by atoms with Gasteiger partial charge >= 0.3 is 0 Å². The molecule has 8 rings (SSSR count). The van der Waals surface area contributed by atoms with Crippen LogP contribution in [-0.2, 0) is 10.8 Å². The highest BCUT2D eigenvalue weighted by Crippen LogP contribution is 2.43. The van der Waals surface area contributed by atoms with Gasteiger partial charge in [-0.3, -0.25) is 0 Å². The summed E-state index contributed by atoms with van der Waals surface area (Å²) in [6.45, 7) is 13.6. The molecule has 0 fully saturated rings. The topological polar surface area (TPSA) is 57.4 Å². The summed E-state index contributed by atoms with van der Waals surface area (Å²) in [6, 6.07) is 47.3. The second-order valence-electron chi connectivity index (χ2n) is 15.4. The van der Waals surface area contributed by atoms with E-state index in [0.717, 1.165) is 55.3 Å². The highest BCUT2D eigenvalue weighted by molar-refractivity contribution is 6.16. The quantitative estimate of drug-likeness (QED) is 0.192. The molecule has 0 N–H and O–H groups in total. The number of para-hydroxylation sites is 2. The zero-order valence-electron chi connectivity index (χ0n) is 29.3. The maximum Gasteiger partial charge on any atom is 0.0998 e. The molecule has 4 heteroatoms. The van der Waals surface area contributed by atoms with Gasteiger partial charge in [0.05, 0.1) is 45.3 Å². The normalized spacial score (nSPS) is 12.2. The van der Waals surface area contributed by atoms with Crippen LogP contribution in [0.2, 0.25) is 0 Å². The van der Waals surface area contributed by atoms with E-state index in [2.05, 4.69) is 160 Å². The molecule has 6 aromatic carbocycles. The Morgan fingerprint density at radius 2 is 1.06 bits per heavy atom. The summed E-state index contributed by atoms with van der Waals surface area (Å²) < 4.78 is 4.69. The van der Waals surface area contributed by atoms with Crippen molar-refractivity contribution in [3.05, 3.63) is 144 Å². The number of nitriles is 2. The number of rotatable bonds is 3. The summed E-state index contributed by atoms with van der Waals surface area (Å²) >= 11 is 0. The molecule has 0 aliphatic rings. The van der Waals surface area contributed by atoms with Crippen LogP contribution in [0.4, 0.5) is 0 Å². The Hall–Kier alpha value is -6.10. The summed E-state index contributed by atoms with van der Waals surface area (Å²) in [6.07, 6.45) is 0. The van der Waals surface area contributed by atoms with Gasteiger partial charge in [0.1, 0.15) is 0 Å². The van der Waals surface area contributed by atoms with Gasteiger partial charge in [0.15, 0.2) is 0 Å². The van der Waals surface area contributed by atoms with Crippen molar-refractivity contribution < 1.29 is 0 Å². The maximum atomic E-state index is 10.4. The van der Waals surface area contributed by atoms with E-state index in [1.54, 1.807) is 6.07 Å². The molecule has 0 aliphatic carbocycles. The fraction of sp³-hybridized carbons (Fsp3) is 0.174. The first-order valence-corrected chi connectivity index (χ1v) is 17.1. The zero-order valence-corrected chi connectivity index (χ0v) is 29.3. The van der Waals surface area contributed by atoms with Crippen molar-refractivity contribution in [3.8, 4) is 34.6 Å². The van der Waals surface area contributed by atoms with E-state index < -0.39 is 0 Å². The monoisotopic (exact) mass is 646 g/mol. The second kappa shape index (κ2) is 11.2. The number of hydrogen-bond acceptors (Lipinski definition) is 2. The summed E-state index contributed by atoms with van der Waals surface area (Å²) in [5, 5.41) is 24.8. The molecule has 4 nitrogen and oxygen atoms in total. The molecule has 2 heterocycles. The van der Waals surface area contributed by atoms with Crippen molar-refractivity contribution in [3.63, 3.8) is 0 Å². The summed E-state index contributed by atoms with van der Waals surface area (Å²) in [7, 11) is 0. The molecule has 0 atom stereocenters. The van der Waals surface area contributed by atoms with E-state index in [1.807, 2.05) is 18.2 Å². The number of hydrogen-bond donors (Lipinski definition) is 0. The van der Waals surface area contributed by atoms with E-state index in [9.17, 15) is 10.5 Å². The molecule has 0 saturated carbocycles. The van der Waals surface area contributed by atoms with Gasteiger partial charge in [0.2, 0.25) is 0 Å². The standard InChI is InChI=1S/C46H38N4/c1-45(2,3)31-17-20-42-37(23-31)38-24-32(46(4,5)6)18-21-43(38)49(42)34-25-39(35-19-16-29(27-47)22-30(35)28-48)44-40(26-34)36-14-10-11-15-41(36)50(44)33-12-8-7-9-13-33/h7-26H,1-6H3. The molecular formula is C46H38N4. The third-order valence-electron chi connectivity index (χ3n) is 10.1. The van der Waals surface area contributed by atoms with Gasteiger partial charge in [-0.25, -0.2) is 0 Å². The van der Waals surface area contributed by atoms with Crippen molar-refractivity contribution >= 4 is 43.6 Å². The summed E-state index contributed by atoms with van der Waals surface area (Å²) in [5.74, 6) is 0. The molecular weight excluding hydrogens is 609 g/mol. The minimum atomic E-state index is -0.00111. The van der Waals surface area contributed by atoms with Gasteiger partial charge in [-0.05, 0) is 88.7 Å². The Labute approximate surface area is 293 Å². The van der Waals surface area contributed by atoms with E-state index >= 15 is 0 Å². The molecule has 2 aromatic heterocycles. The molecule has 0 bridgehead atoms. The van der Waals surface area contributed by atoms with Crippen LogP contribution < -0.4 is 0 Å². The first kappa shape index (κ1) is 31.2. The van der Waals surface area contributed by atoms with Crippen LogP contribution in [0.5, 0.6) is 0 Å². The highest BCUT2D eigenvalue weighted by atomic mass is 15.0. The van der Waals surface area contributed by atoms with E-state index in [4.69, 9.17) is 0 Å². The Balaban J connectivity index is 1.56. The second-order valence-corrected chi connectivity index (χ2v) is 15.4. The molecule has 0 spiro atoms. The maximum absolute atomic E-state index is 10.4. The molecule has 242 valence electrons. The lowest BCUT2D eigenvalue weighted by atomic mass is 9.85. The van der Waals surface area contributed by atoms with Crippen molar-refractivity contribution in [2.45, 2.75) is 52.4 Å². The molecule has 0 aliphatic heterocycles. The minimum Gasteiger partial charge on any atom is -0.309 e. The summed E-state index contributed by atoms with van der Waals surface area (Å²) in [4.78, 5) is 0. The SMILES string of the molecule is CC(C)(C)c1ccc2c(c1)c1cc(C(C)(C)C)ccc1n2-c1cc(-c2ccc(C#N)cc2C#N)c2c(c1)c1ccccc1n2-c1ccccc1. The van der Waals surface area contributed by atoms with Crippen LogP contribution in [0.15, 0.2) is 121 Å². The van der Waals surface area contributed by atoms with Gasteiger partial charge in [-0.1, -0.05) is 96.1 Å². The molecule has 0 saturated heterocycles. The Morgan fingerprint density at radius 3 is 1.66 bits per heavy atom. The highest BCUT2D eigenvalue weighted by Gasteiger charge is 2.24. The first-order chi connectivity index (χ1) is 24.0. The van der Waals surface area contributed by atoms with Crippen LogP contribution >= 0.6 is 0 Å². The largest absolute Gasteiger partial charge is 0.309 e. The van der Waals surface area contributed by atoms with Crippen LogP contribution in [-0.4, -0.2) is 9.13 Å². The Kier molecular flexibility index (Phi) is 7.00. The molecule has 50 heavy (non-hydrogen) atoms. The fourth-order valence-corrected chi connectivity index (χ4v) is 7.44. The Bertz CT molecular complexity index is 2660. The molecule has 0 radical (unpaired) electrons. The molecule has 0 amide bonds. The third-order valence-corrected chi connectivity index (χ3v) is 10.1. The van der Waals surface area contributed by atoms with Crippen LogP contribution in [0.3, 0.4) is 0 Å². The van der Waals surface area contributed by atoms with E-state index in [0.29, 0.717) is 11.1 Å². The van der Waals surface area contributed by atoms with Crippen LogP contribution in [0, 0.1) is 22.7 Å². The number of nitrogens with zero attached hydrogens (tertiary/aromatic N) is 4. The zero-order chi connectivity index (χ0) is 34.9. The average molecular weight is 647 g/mol. The lowest BCUT2D eigenvalue weighted by Crippen LogP contribution is -2.10. The predicted molar refractivity (Wildman–Crippen MR) is 207 cm³/mol. The van der Waals surface area contributed by atoms with Crippen LogP contribution in [0.1, 0.15) is 63.8 Å². The Morgan fingerprint density at radius 1 is 0.460 bits per heavy atom. The smallest absolute Gasteiger partial charge is 0.0998 e. The lowest BCUT2D eigenvalue weighted by Gasteiger charge is -2.19. The summed E-state index contributed by atoms with van der Waals surface area (Å²) in [5.41, 5.74) is 11.7. The lowest BCUT2D eigenvalue weighted by molar-refractivity contribution is 0.590. The van der Waals surface area contributed by atoms with Gasteiger partial charge in [0, 0.05) is 44.0 Å². The molecule has 8 aromatic rings. The average Bonchev–Trinajstić information content (AvgIpc) is 3.63. The van der Waals surface area contributed by atoms with E-state index in [-0.39, 0.29) is 10.8 Å². The number of benzene rings is 6. The van der Waals surface area contributed by atoms with Crippen molar-refractivity contribution in [2.24, 2.45) is 0 Å². The van der Waals surface area contributed by atoms with E-state index in [1.165, 1.54) is 21.9 Å². The first-order valence-electron chi connectivity index (χ1n) is 17.1. The van der Waals surface area contributed by atoms with Gasteiger partial charge in [0.25, 0.3) is 0 Å². The van der Waals surface area contributed by atoms with Crippen LogP contribution in [0.25, 0.3) is 66.1 Å². The van der Waals surface area contributed by atoms with Crippen molar-refractivity contribution in [1.82, 2.24) is 9.13 Å². The molecule has 0 unspecified atom stereocenters. The van der Waals surface area contributed by atoms with Gasteiger partial charge in [-0.15, -0.1) is 0 Å².